The van der Waals surface area contributed by atoms with Crippen molar-refractivity contribution >= 4 is 49.7 Å². The summed E-state index contributed by atoms with van der Waals surface area (Å²) in [6.45, 7) is 2.84. The maximum atomic E-state index is 12.7. The van der Waals surface area contributed by atoms with Crippen LogP contribution in [0.25, 0.3) is 21.1 Å². The summed E-state index contributed by atoms with van der Waals surface area (Å²) in [5, 5.41) is 7.83. The van der Waals surface area contributed by atoms with Gasteiger partial charge in [-0.2, -0.15) is 0 Å². The first-order valence-electron chi connectivity index (χ1n) is 10.7. The second-order valence-corrected chi connectivity index (χ2v) is 9.33. The highest BCUT2D eigenvalue weighted by atomic mass is 32.1. The van der Waals surface area contributed by atoms with E-state index in [-0.39, 0.29) is 5.91 Å². The van der Waals surface area contributed by atoms with E-state index < -0.39 is 0 Å². The van der Waals surface area contributed by atoms with Crippen LogP contribution in [0.3, 0.4) is 0 Å². The van der Waals surface area contributed by atoms with Crippen molar-refractivity contribution in [1.82, 2.24) is 15.3 Å². The van der Waals surface area contributed by atoms with Gasteiger partial charge in [-0.1, -0.05) is 19.3 Å². The molecule has 1 aliphatic rings. The lowest BCUT2D eigenvalue weighted by Gasteiger charge is -2.21. The molecule has 154 valence electrons. The van der Waals surface area contributed by atoms with Crippen LogP contribution in [0.4, 0.5) is 11.4 Å². The molecule has 0 bridgehead atoms. The van der Waals surface area contributed by atoms with Crippen molar-refractivity contribution in [3.05, 3.63) is 53.2 Å². The van der Waals surface area contributed by atoms with Crippen LogP contribution in [-0.4, -0.2) is 22.4 Å². The summed E-state index contributed by atoms with van der Waals surface area (Å²) < 4.78 is 1.01. The summed E-state index contributed by atoms with van der Waals surface area (Å²) in [4.78, 5) is 21.3. The van der Waals surface area contributed by atoms with Gasteiger partial charge >= 0.3 is 0 Å². The van der Waals surface area contributed by atoms with E-state index >= 15 is 0 Å². The number of hydrogen-bond donors (Lipinski definition) is 3. The number of nitrogens with one attached hydrogen (secondary N) is 3. The predicted molar refractivity (Wildman–Crippen MR) is 125 cm³/mol. The Bertz CT molecular complexity index is 1200. The molecule has 0 atom stereocenters. The number of amides is 1. The third-order valence-corrected chi connectivity index (χ3v) is 7.10. The highest BCUT2D eigenvalue weighted by molar-refractivity contribution is 7.21. The molecule has 1 aromatic carbocycles. The zero-order chi connectivity index (χ0) is 20.5. The molecule has 0 saturated heterocycles. The number of aromatic nitrogens is 2. The van der Waals surface area contributed by atoms with Crippen LogP contribution in [0.2, 0.25) is 0 Å². The largest absolute Gasteiger partial charge is 0.359 e. The minimum Gasteiger partial charge on any atom is -0.359 e. The first-order valence-corrected chi connectivity index (χ1v) is 11.5. The van der Waals surface area contributed by atoms with Crippen molar-refractivity contribution in [2.24, 2.45) is 5.92 Å². The normalized spacial score (nSPS) is 15.0. The first kappa shape index (κ1) is 19.1. The van der Waals surface area contributed by atoms with Crippen LogP contribution in [0, 0.1) is 12.8 Å². The van der Waals surface area contributed by atoms with E-state index in [1.165, 1.54) is 48.8 Å². The van der Waals surface area contributed by atoms with Crippen molar-refractivity contribution in [3.8, 4) is 0 Å². The number of benzene rings is 1. The number of pyridine rings is 1. The van der Waals surface area contributed by atoms with Gasteiger partial charge in [0.25, 0.3) is 5.91 Å². The molecule has 5 rings (SSSR count). The Morgan fingerprint density at radius 2 is 2.03 bits per heavy atom. The van der Waals surface area contributed by atoms with E-state index in [0.29, 0.717) is 5.92 Å². The highest BCUT2D eigenvalue weighted by Crippen LogP contribution is 2.33. The molecule has 30 heavy (non-hydrogen) atoms. The van der Waals surface area contributed by atoms with Gasteiger partial charge in [0, 0.05) is 35.0 Å². The number of carbonyl (C=O) groups is 1. The summed E-state index contributed by atoms with van der Waals surface area (Å²) in [6.07, 6.45) is 8.16. The molecule has 0 unspecified atom stereocenters. The van der Waals surface area contributed by atoms with Crippen molar-refractivity contribution in [1.29, 1.82) is 0 Å². The number of rotatable bonds is 5. The van der Waals surface area contributed by atoms with E-state index in [1.54, 1.807) is 6.20 Å². The van der Waals surface area contributed by atoms with Crippen LogP contribution in [0.1, 0.15) is 47.5 Å². The number of aryl methyl sites for hydroxylation is 1. The fraction of sp³-hybridized carbons (Fsp3) is 0.333. The lowest BCUT2D eigenvalue weighted by Crippen LogP contribution is -2.29. The fourth-order valence-corrected chi connectivity index (χ4v) is 5.38. The predicted octanol–water partition coefficient (Wildman–Crippen LogP) is 6.14. The smallest absolute Gasteiger partial charge is 0.261 e. The summed E-state index contributed by atoms with van der Waals surface area (Å²) >= 11 is 1.50. The molecule has 3 aromatic heterocycles. The molecule has 4 aromatic rings. The van der Waals surface area contributed by atoms with E-state index in [1.807, 2.05) is 12.1 Å². The third-order valence-electron chi connectivity index (χ3n) is 5.95. The Morgan fingerprint density at radius 1 is 1.17 bits per heavy atom. The number of anilines is 2. The molecule has 3 N–H and O–H groups in total. The number of nitrogens with zero attached hydrogens (tertiary/aromatic N) is 1. The lowest BCUT2D eigenvalue weighted by atomic mass is 9.89. The molecule has 0 spiro atoms. The molecular formula is C24H26N4OS. The monoisotopic (exact) mass is 418 g/mol. The van der Waals surface area contributed by atoms with Gasteiger partial charge in [0.15, 0.2) is 0 Å². The Kier molecular flexibility index (Phi) is 5.17. The topological polar surface area (TPSA) is 69.8 Å². The van der Waals surface area contributed by atoms with Gasteiger partial charge in [-0.25, -0.2) is 0 Å². The minimum absolute atomic E-state index is 0.0127. The second-order valence-electron chi connectivity index (χ2n) is 8.28. The number of carbonyl (C=O) groups excluding carboxylic acids is 1. The molecule has 3 heterocycles. The zero-order valence-corrected chi connectivity index (χ0v) is 17.9. The van der Waals surface area contributed by atoms with Crippen LogP contribution in [-0.2, 0) is 0 Å². The third kappa shape index (κ3) is 3.92. The minimum atomic E-state index is 0.0127. The summed E-state index contributed by atoms with van der Waals surface area (Å²) in [7, 11) is 0. The van der Waals surface area contributed by atoms with E-state index in [0.717, 1.165) is 44.2 Å². The van der Waals surface area contributed by atoms with Gasteiger partial charge < -0.3 is 15.6 Å². The van der Waals surface area contributed by atoms with Crippen molar-refractivity contribution in [2.45, 2.75) is 39.0 Å². The van der Waals surface area contributed by atoms with Crippen LogP contribution >= 0.6 is 11.3 Å². The van der Waals surface area contributed by atoms with Crippen LogP contribution in [0.5, 0.6) is 0 Å². The molecule has 0 aliphatic heterocycles. The Balaban J connectivity index is 1.35. The second kappa shape index (κ2) is 8.11. The van der Waals surface area contributed by atoms with Gasteiger partial charge in [0.1, 0.15) is 0 Å². The Hall–Kier alpha value is -2.86. The lowest BCUT2D eigenvalue weighted by molar-refractivity contribution is 0.0947. The maximum absolute atomic E-state index is 12.7. The van der Waals surface area contributed by atoms with Crippen molar-refractivity contribution in [3.63, 3.8) is 0 Å². The maximum Gasteiger partial charge on any atom is 0.261 e. The van der Waals surface area contributed by atoms with Gasteiger partial charge in [-0.15, -0.1) is 11.3 Å². The van der Waals surface area contributed by atoms with E-state index in [4.69, 9.17) is 0 Å². The molecule has 1 saturated carbocycles. The van der Waals surface area contributed by atoms with Gasteiger partial charge in [-0.3, -0.25) is 9.78 Å². The average molecular weight is 419 g/mol. The molecule has 5 nitrogen and oxygen atoms in total. The number of aromatic amines is 1. The van der Waals surface area contributed by atoms with Gasteiger partial charge in [0.2, 0.25) is 0 Å². The SMILES string of the molecule is Cc1cc2cc(Nc3ccnc4cc(C(=O)NCC5CCCCC5)sc34)ccc2[nH]1. The fourth-order valence-electron chi connectivity index (χ4n) is 4.37. The summed E-state index contributed by atoms with van der Waals surface area (Å²) in [5.74, 6) is 0.637. The number of H-pyrrole nitrogens is 1. The van der Waals surface area contributed by atoms with Gasteiger partial charge in [0.05, 0.1) is 20.8 Å². The van der Waals surface area contributed by atoms with Crippen molar-refractivity contribution < 1.29 is 4.79 Å². The van der Waals surface area contributed by atoms with E-state index in [2.05, 4.69) is 51.8 Å². The zero-order valence-electron chi connectivity index (χ0n) is 17.1. The average Bonchev–Trinajstić information content (AvgIpc) is 3.36. The van der Waals surface area contributed by atoms with E-state index in [9.17, 15) is 4.79 Å². The standard InChI is InChI=1S/C24H26N4OS/c1-15-11-17-12-18(7-8-19(17)27-15)28-20-9-10-25-21-13-22(30-23(20)21)24(29)26-14-16-5-3-2-4-6-16/h7-13,16,27H,2-6,14H2,1H3,(H,25,28)(H,26,29). The van der Waals surface area contributed by atoms with Gasteiger partial charge in [-0.05, 0) is 62.1 Å². The molecule has 0 radical (unpaired) electrons. The number of thiophene rings is 1. The molecule has 1 aliphatic carbocycles. The first-order chi connectivity index (χ1) is 14.7. The molecule has 1 amide bonds. The number of fused-ring (bicyclic) bond motifs is 2. The highest BCUT2D eigenvalue weighted by Gasteiger charge is 2.17. The summed E-state index contributed by atoms with van der Waals surface area (Å²) in [5.41, 5.74) is 5.13. The molecular weight excluding hydrogens is 392 g/mol. The van der Waals surface area contributed by atoms with Crippen LogP contribution in [0.15, 0.2) is 42.6 Å². The van der Waals surface area contributed by atoms with Crippen LogP contribution < -0.4 is 10.6 Å². The Morgan fingerprint density at radius 3 is 2.90 bits per heavy atom. The Labute approximate surface area is 179 Å². The van der Waals surface area contributed by atoms with Crippen molar-refractivity contribution in [2.75, 3.05) is 11.9 Å². The molecule has 1 fully saturated rings. The molecule has 6 heteroatoms. The quantitative estimate of drug-likeness (QED) is 0.365. The summed E-state index contributed by atoms with van der Waals surface area (Å²) in [6, 6.07) is 12.3. The number of hydrogen-bond acceptors (Lipinski definition) is 4.